The van der Waals surface area contributed by atoms with Crippen LogP contribution in [0.3, 0.4) is 0 Å². The summed E-state index contributed by atoms with van der Waals surface area (Å²) in [6.45, 7) is 2.36. The van der Waals surface area contributed by atoms with Gasteiger partial charge in [-0.1, -0.05) is 37.3 Å². The number of aromatic nitrogens is 1. The fraction of sp³-hybridized carbons (Fsp3) is 0.231. The van der Waals surface area contributed by atoms with Gasteiger partial charge in [0.2, 0.25) is 5.78 Å². The number of carbonyl (C=O) groups excluding carboxylic acids is 2. The van der Waals surface area contributed by atoms with E-state index < -0.39 is 23.5 Å². The Morgan fingerprint density at radius 1 is 1.18 bits per heavy atom. The fourth-order valence-corrected chi connectivity index (χ4v) is 4.71. The van der Waals surface area contributed by atoms with E-state index in [4.69, 9.17) is 9.15 Å². The van der Waals surface area contributed by atoms with Crippen molar-refractivity contribution in [3.05, 3.63) is 77.4 Å². The molecule has 0 saturated heterocycles. The van der Waals surface area contributed by atoms with Gasteiger partial charge in [0.25, 0.3) is 5.91 Å². The molecule has 5 rings (SSSR count). The number of amides is 1. The molecule has 2 aromatic carbocycles. The highest BCUT2D eigenvalue weighted by molar-refractivity contribution is 6.16. The molecular weight excluding hydrogens is 420 g/mol. The smallest absolute Gasteiger partial charge is 0.290 e. The van der Waals surface area contributed by atoms with Crippen molar-refractivity contribution in [1.82, 2.24) is 9.47 Å². The maximum atomic E-state index is 13.7. The molecule has 3 heterocycles. The topological polar surface area (TPSA) is 84.9 Å². The average molecular weight is 444 g/mol. The molecule has 1 aliphatic heterocycles. The molecule has 1 amide bonds. The van der Waals surface area contributed by atoms with E-state index in [2.05, 4.69) is 0 Å². The van der Waals surface area contributed by atoms with Crippen molar-refractivity contribution in [2.45, 2.75) is 19.4 Å². The molecule has 0 fully saturated rings. The Balaban J connectivity index is 1.68. The first kappa shape index (κ1) is 20.9. The van der Waals surface area contributed by atoms with E-state index in [1.54, 1.807) is 17.0 Å². The molecule has 7 nitrogen and oxygen atoms in total. The minimum Gasteiger partial charge on any atom is -0.503 e. The number of Topliss-reactive ketones (excluding diaryl/α,β-unsaturated/α-hetero) is 1. The summed E-state index contributed by atoms with van der Waals surface area (Å²) < 4.78 is 13.2. The van der Waals surface area contributed by atoms with Gasteiger partial charge in [-0.2, -0.15) is 0 Å². The van der Waals surface area contributed by atoms with E-state index in [-0.39, 0.29) is 11.3 Å². The van der Waals surface area contributed by atoms with E-state index in [9.17, 15) is 14.7 Å². The van der Waals surface area contributed by atoms with Crippen molar-refractivity contribution < 1.29 is 23.8 Å². The third-order valence-corrected chi connectivity index (χ3v) is 6.19. The third kappa shape index (κ3) is 3.11. The number of ether oxygens (including phenoxy) is 1. The van der Waals surface area contributed by atoms with Crippen LogP contribution in [0.25, 0.3) is 21.9 Å². The highest BCUT2D eigenvalue weighted by Gasteiger charge is 2.45. The van der Waals surface area contributed by atoms with Gasteiger partial charge < -0.3 is 23.7 Å². The van der Waals surface area contributed by atoms with Gasteiger partial charge in [-0.15, -0.1) is 0 Å². The van der Waals surface area contributed by atoms with Crippen LogP contribution in [-0.2, 0) is 11.8 Å². The first-order chi connectivity index (χ1) is 16.0. The molecule has 0 aliphatic carbocycles. The monoisotopic (exact) mass is 444 g/mol. The molecule has 0 spiro atoms. The molecule has 0 saturated carbocycles. The predicted molar refractivity (Wildman–Crippen MR) is 124 cm³/mol. The van der Waals surface area contributed by atoms with Crippen LogP contribution in [0, 0.1) is 0 Å². The molecule has 1 unspecified atom stereocenters. The van der Waals surface area contributed by atoms with Crippen LogP contribution in [0.5, 0.6) is 5.75 Å². The van der Waals surface area contributed by atoms with Crippen molar-refractivity contribution in [3.63, 3.8) is 0 Å². The largest absolute Gasteiger partial charge is 0.503 e. The van der Waals surface area contributed by atoms with Gasteiger partial charge in [0, 0.05) is 41.6 Å². The van der Waals surface area contributed by atoms with Crippen LogP contribution in [0.4, 0.5) is 0 Å². The number of benzene rings is 2. The predicted octanol–water partition coefficient (Wildman–Crippen LogP) is 4.92. The second-order valence-electron chi connectivity index (χ2n) is 8.19. The number of rotatable bonds is 6. The minimum atomic E-state index is -0.717. The summed E-state index contributed by atoms with van der Waals surface area (Å²) in [6, 6.07) is 14.1. The highest BCUT2D eigenvalue weighted by atomic mass is 16.5. The van der Waals surface area contributed by atoms with Gasteiger partial charge in [0.05, 0.1) is 18.7 Å². The van der Waals surface area contributed by atoms with Crippen LogP contribution >= 0.6 is 0 Å². The average Bonchev–Trinajstić information content (AvgIpc) is 3.48. The zero-order valence-corrected chi connectivity index (χ0v) is 18.7. The normalized spacial score (nSPS) is 16.4. The first-order valence-corrected chi connectivity index (χ1v) is 10.9. The van der Waals surface area contributed by atoms with Gasteiger partial charge in [-0.25, -0.2) is 0 Å². The number of aliphatic hydroxyl groups excluding tert-OH is 1. The van der Waals surface area contributed by atoms with E-state index in [1.807, 2.05) is 61.1 Å². The Hall–Kier alpha value is -4.00. The van der Waals surface area contributed by atoms with E-state index in [0.29, 0.717) is 29.7 Å². The number of fused-ring (bicyclic) bond motifs is 2. The molecule has 1 N–H and O–H groups in total. The summed E-state index contributed by atoms with van der Waals surface area (Å²) in [5, 5.41) is 12.5. The molecular formula is C26H24N2O5. The van der Waals surface area contributed by atoms with Crippen molar-refractivity contribution in [3.8, 4) is 5.75 Å². The lowest BCUT2D eigenvalue weighted by Crippen LogP contribution is -2.31. The number of aryl methyl sites for hydroxylation is 1. The lowest BCUT2D eigenvalue weighted by Gasteiger charge is -2.25. The summed E-state index contributed by atoms with van der Waals surface area (Å²) in [5.41, 5.74) is 2.24. The van der Waals surface area contributed by atoms with Gasteiger partial charge in [-0.3, -0.25) is 9.59 Å². The van der Waals surface area contributed by atoms with Gasteiger partial charge in [-0.05, 0) is 24.6 Å². The van der Waals surface area contributed by atoms with Crippen molar-refractivity contribution >= 4 is 33.6 Å². The van der Waals surface area contributed by atoms with Crippen molar-refractivity contribution in [2.24, 2.45) is 7.05 Å². The molecule has 168 valence electrons. The number of furan rings is 1. The summed E-state index contributed by atoms with van der Waals surface area (Å²) in [7, 11) is 3.45. The maximum absolute atomic E-state index is 13.7. The van der Waals surface area contributed by atoms with Crippen LogP contribution < -0.4 is 4.74 Å². The summed E-state index contributed by atoms with van der Waals surface area (Å²) in [5.74, 6) is -1.04. The SMILES string of the molecule is CCCN1C(=O)C(O)=C(C(=O)c2cc3cccc(OC)c3o2)C1c1cn(C)c2ccccc12. The third-order valence-electron chi connectivity index (χ3n) is 6.19. The zero-order valence-electron chi connectivity index (χ0n) is 18.7. The van der Waals surface area contributed by atoms with Gasteiger partial charge >= 0.3 is 0 Å². The Morgan fingerprint density at radius 3 is 2.73 bits per heavy atom. The summed E-state index contributed by atoms with van der Waals surface area (Å²) in [6.07, 6.45) is 2.60. The number of carbonyl (C=O) groups is 2. The Kier molecular flexibility index (Phi) is 4.96. The van der Waals surface area contributed by atoms with E-state index in [0.717, 1.165) is 16.5 Å². The number of methoxy groups -OCH3 is 1. The highest BCUT2D eigenvalue weighted by Crippen LogP contribution is 2.43. The molecule has 0 bridgehead atoms. The number of aliphatic hydroxyl groups is 1. The van der Waals surface area contributed by atoms with E-state index >= 15 is 0 Å². The Labute approximate surface area is 190 Å². The lowest BCUT2D eigenvalue weighted by molar-refractivity contribution is -0.129. The Morgan fingerprint density at radius 2 is 1.97 bits per heavy atom. The molecule has 4 aromatic rings. The Bertz CT molecular complexity index is 1440. The number of nitrogens with zero attached hydrogens (tertiary/aromatic N) is 2. The van der Waals surface area contributed by atoms with Crippen LogP contribution in [0.15, 0.2) is 70.5 Å². The summed E-state index contributed by atoms with van der Waals surface area (Å²) in [4.78, 5) is 28.3. The van der Waals surface area contributed by atoms with Gasteiger partial charge in [0.15, 0.2) is 22.9 Å². The quantitative estimate of drug-likeness (QED) is 0.427. The summed E-state index contributed by atoms with van der Waals surface area (Å²) >= 11 is 0. The maximum Gasteiger partial charge on any atom is 0.290 e. The first-order valence-electron chi connectivity index (χ1n) is 10.9. The van der Waals surface area contributed by atoms with E-state index in [1.165, 1.54) is 7.11 Å². The standard InChI is InChI=1S/C26H24N2O5/c1-4-12-28-22(17-14-27(2)18-10-6-5-9-16(17)18)21(24(30)26(28)31)23(29)20-13-15-8-7-11-19(32-3)25(15)33-20/h5-11,13-14,22,30H,4,12H2,1-3H3. The van der Waals surface area contributed by atoms with Crippen molar-refractivity contribution in [2.75, 3.05) is 13.7 Å². The fourth-order valence-electron chi connectivity index (χ4n) is 4.71. The van der Waals surface area contributed by atoms with Crippen LogP contribution in [0.1, 0.15) is 35.5 Å². The number of ketones is 1. The molecule has 7 heteroatoms. The van der Waals surface area contributed by atoms with Crippen LogP contribution in [-0.4, -0.2) is 39.9 Å². The second kappa shape index (κ2) is 7.85. The van der Waals surface area contributed by atoms with Crippen molar-refractivity contribution in [1.29, 1.82) is 0 Å². The molecule has 1 atom stereocenters. The number of hydrogen-bond acceptors (Lipinski definition) is 5. The van der Waals surface area contributed by atoms with Crippen LogP contribution in [0.2, 0.25) is 0 Å². The minimum absolute atomic E-state index is 0.0304. The molecule has 0 radical (unpaired) electrons. The number of para-hydroxylation sites is 2. The molecule has 33 heavy (non-hydrogen) atoms. The van der Waals surface area contributed by atoms with Gasteiger partial charge in [0.1, 0.15) is 0 Å². The molecule has 2 aromatic heterocycles. The lowest BCUT2D eigenvalue weighted by atomic mass is 9.94. The zero-order chi connectivity index (χ0) is 23.3. The number of hydrogen-bond donors (Lipinski definition) is 1. The second-order valence-corrected chi connectivity index (χ2v) is 8.19. The molecule has 1 aliphatic rings.